The van der Waals surface area contributed by atoms with Crippen molar-refractivity contribution in [2.45, 2.75) is 6.18 Å². The van der Waals surface area contributed by atoms with Crippen LogP contribution in [0.2, 0.25) is 0 Å². The van der Waals surface area contributed by atoms with Crippen molar-refractivity contribution in [3.63, 3.8) is 0 Å². The summed E-state index contributed by atoms with van der Waals surface area (Å²) in [6.07, 6.45) is -2.18. The summed E-state index contributed by atoms with van der Waals surface area (Å²) in [5.74, 6) is -0.0895. The molecule has 1 heterocycles. The van der Waals surface area contributed by atoms with Gasteiger partial charge in [0.1, 0.15) is 5.82 Å². The van der Waals surface area contributed by atoms with E-state index in [1.165, 1.54) is 12.1 Å². The molecule has 0 saturated heterocycles. The van der Waals surface area contributed by atoms with Gasteiger partial charge in [-0.25, -0.2) is 4.98 Å². The highest BCUT2D eigenvalue weighted by Gasteiger charge is 2.30. The Morgan fingerprint density at radius 2 is 2.17 bits per heavy atom. The monoisotopic (exact) mass is 259 g/mol. The highest BCUT2D eigenvalue weighted by atomic mass is 19.4. The van der Waals surface area contributed by atoms with E-state index >= 15 is 0 Å². The number of halogens is 3. The number of alkyl halides is 3. The number of anilines is 1. The van der Waals surface area contributed by atoms with Gasteiger partial charge in [-0.15, -0.1) is 6.58 Å². The molecule has 0 bridgehead atoms. The third-order valence-electron chi connectivity index (χ3n) is 1.96. The molecule has 4 nitrogen and oxygen atoms in total. The second-order valence-corrected chi connectivity index (χ2v) is 3.38. The predicted molar refractivity (Wildman–Crippen MR) is 60.9 cm³/mol. The summed E-state index contributed by atoms with van der Waals surface area (Å²) in [6.45, 7) is 3.70. The Balaban J connectivity index is 2.49. The van der Waals surface area contributed by atoms with E-state index in [2.05, 4.69) is 22.2 Å². The van der Waals surface area contributed by atoms with E-state index in [4.69, 9.17) is 0 Å². The number of pyridine rings is 1. The molecule has 0 radical (unpaired) electrons. The largest absolute Gasteiger partial charge is 0.417 e. The number of nitrogens with one attached hydrogen (secondary N) is 2. The van der Waals surface area contributed by atoms with Crippen molar-refractivity contribution >= 4 is 11.7 Å². The van der Waals surface area contributed by atoms with Gasteiger partial charge in [0.15, 0.2) is 0 Å². The van der Waals surface area contributed by atoms with Crippen molar-refractivity contribution in [1.29, 1.82) is 0 Å². The van der Waals surface area contributed by atoms with E-state index in [9.17, 15) is 18.0 Å². The van der Waals surface area contributed by atoms with Crippen molar-refractivity contribution in [3.05, 3.63) is 36.5 Å². The van der Waals surface area contributed by atoms with Gasteiger partial charge in [0.05, 0.1) is 12.1 Å². The zero-order valence-electron chi connectivity index (χ0n) is 9.42. The van der Waals surface area contributed by atoms with Crippen LogP contribution >= 0.6 is 0 Å². The topological polar surface area (TPSA) is 54.0 Å². The molecular formula is C11H12F3N3O. The number of carbonyl (C=O) groups is 1. The normalized spacial score (nSPS) is 10.8. The van der Waals surface area contributed by atoms with Crippen molar-refractivity contribution in [2.24, 2.45) is 0 Å². The Bertz CT molecular complexity index is 415. The first-order valence-electron chi connectivity index (χ1n) is 5.08. The molecule has 0 aliphatic heterocycles. The fourth-order valence-corrected chi connectivity index (χ4v) is 1.09. The molecule has 18 heavy (non-hydrogen) atoms. The maximum Gasteiger partial charge on any atom is 0.417 e. The molecule has 98 valence electrons. The van der Waals surface area contributed by atoms with Crippen LogP contribution in [0.25, 0.3) is 0 Å². The summed E-state index contributed by atoms with van der Waals surface area (Å²) in [5, 5.41) is 5.12. The Morgan fingerprint density at radius 1 is 1.44 bits per heavy atom. The van der Waals surface area contributed by atoms with Crippen LogP contribution in [0, 0.1) is 0 Å². The molecule has 0 unspecified atom stereocenters. The van der Waals surface area contributed by atoms with Gasteiger partial charge in [-0.1, -0.05) is 6.08 Å². The van der Waals surface area contributed by atoms with Crippen LogP contribution in [0.1, 0.15) is 5.56 Å². The van der Waals surface area contributed by atoms with Gasteiger partial charge in [-0.05, 0) is 12.1 Å². The molecule has 0 fully saturated rings. The van der Waals surface area contributed by atoms with E-state index in [0.717, 1.165) is 6.07 Å². The molecule has 1 amide bonds. The average molecular weight is 259 g/mol. The predicted octanol–water partition coefficient (Wildman–Crippen LogP) is 1.81. The van der Waals surface area contributed by atoms with Gasteiger partial charge >= 0.3 is 6.18 Å². The summed E-state index contributed by atoms with van der Waals surface area (Å²) >= 11 is 0. The minimum atomic E-state index is -4.41. The molecule has 0 aromatic carbocycles. The van der Waals surface area contributed by atoms with Crippen LogP contribution in [0.3, 0.4) is 0 Å². The third kappa shape index (κ3) is 4.44. The van der Waals surface area contributed by atoms with Crippen molar-refractivity contribution in [3.8, 4) is 0 Å². The van der Waals surface area contributed by atoms with Gasteiger partial charge in [0.2, 0.25) is 5.91 Å². The van der Waals surface area contributed by atoms with Crippen LogP contribution in [0.4, 0.5) is 19.0 Å². The number of amides is 1. The maximum absolute atomic E-state index is 12.2. The third-order valence-corrected chi connectivity index (χ3v) is 1.96. The summed E-state index contributed by atoms with van der Waals surface area (Å²) in [7, 11) is 0. The first-order valence-corrected chi connectivity index (χ1v) is 5.08. The first-order chi connectivity index (χ1) is 8.43. The quantitative estimate of drug-likeness (QED) is 0.793. The number of rotatable bonds is 5. The van der Waals surface area contributed by atoms with Crippen LogP contribution in [-0.2, 0) is 11.0 Å². The zero-order valence-corrected chi connectivity index (χ0v) is 9.42. The Kier molecular flexibility index (Phi) is 4.70. The lowest BCUT2D eigenvalue weighted by atomic mass is 10.3. The van der Waals surface area contributed by atoms with E-state index in [1.807, 2.05) is 0 Å². The van der Waals surface area contributed by atoms with E-state index in [1.54, 1.807) is 0 Å². The van der Waals surface area contributed by atoms with Gasteiger partial charge in [-0.3, -0.25) is 4.79 Å². The van der Waals surface area contributed by atoms with Gasteiger partial charge in [-0.2, -0.15) is 13.2 Å². The summed E-state index contributed by atoms with van der Waals surface area (Å²) in [5.41, 5.74) is -0.829. The number of hydrogen-bond donors (Lipinski definition) is 2. The molecule has 7 heteroatoms. The molecule has 0 spiro atoms. The Morgan fingerprint density at radius 3 is 2.67 bits per heavy atom. The van der Waals surface area contributed by atoms with Crippen molar-refractivity contribution < 1.29 is 18.0 Å². The highest BCUT2D eigenvalue weighted by Crippen LogP contribution is 2.28. The minimum Gasteiger partial charge on any atom is -0.361 e. The van der Waals surface area contributed by atoms with E-state index in [0.29, 0.717) is 12.7 Å². The molecule has 0 aliphatic carbocycles. The van der Waals surface area contributed by atoms with Crippen LogP contribution in [-0.4, -0.2) is 24.0 Å². The van der Waals surface area contributed by atoms with Gasteiger partial charge in [0, 0.05) is 12.7 Å². The van der Waals surface area contributed by atoms with Crippen LogP contribution in [0.15, 0.2) is 31.0 Å². The average Bonchev–Trinajstić information content (AvgIpc) is 2.33. The fourth-order valence-electron chi connectivity index (χ4n) is 1.09. The number of carbonyl (C=O) groups excluding carboxylic acids is 1. The summed E-state index contributed by atoms with van der Waals surface area (Å²) < 4.78 is 36.7. The highest BCUT2D eigenvalue weighted by molar-refractivity contribution is 5.80. The number of aromatic nitrogens is 1. The molecule has 0 saturated carbocycles. The summed E-state index contributed by atoms with van der Waals surface area (Å²) in [6, 6.07) is 2.07. The SMILES string of the molecule is C=CCNC(=O)CNc1ccc(C(F)(F)F)cn1. The van der Waals surface area contributed by atoms with E-state index < -0.39 is 11.7 Å². The molecule has 0 atom stereocenters. The second-order valence-electron chi connectivity index (χ2n) is 3.38. The van der Waals surface area contributed by atoms with Crippen LogP contribution < -0.4 is 10.6 Å². The van der Waals surface area contributed by atoms with E-state index in [-0.39, 0.29) is 18.3 Å². The van der Waals surface area contributed by atoms with Crippen molar-refractivity contribution in [2.75, 3.05) is 18.4 Å². The van der Waals surface area contributed by atoms with Crippen molar-refractivity contribution in [1.82, 2.24) is 10.3 Å². The lowest BCUT2D eigenvalue weighted by Crippen LogP contribution is -2.30. The second kappa shape index (κ2) is 6.04. The molecule has 2 N–H and O–H groups in total. The lowest BCUT2D eigenvalue weighted by molar-refractivity contribution is -0.137. The standard InChI is InChI=1S/C11H12F3N3O/c1-2-5-15-10(18)7-17-9-4-3-8(6-16-9)11(12,13)14/h2-4,6H,1,5,7H2,(H,15,18)(H,16,17). The van der Waals surface area contributed by atoms with Gasteiger partial charge < -0.3 is 10.6 Å². The minimum absolute atomic E-state index is 0.0633. The molecule has 1 rings (SSSR count). The Hall–Kier alpha value is -2.05. The smallest absolute Gasteiger partial charge is 0.361 e. The molecule has 0 aliphatic rings. The number of hydrogen-bond acceptors (Lipinski definition) is 3. The zero-order chi connectivity index (χ0) is 13.6. The lowest BCUT2D eigenvalue weighted by Gasteiger charge is -2.08. The fraction of sp³-hybridized carbons (Fsp3) is 0.273. The number of nitrogens with zero attached hydrogens (tertiary/aromatic N) is 1. The molecular weight excluding hydrogens is 247 g/mol. The van der Waals surface area contributed by atoms with Crippen LogP contribution in [0.5, 0.6) is 0 Å². The molecule has 1 aromatic rings. The first kappa shape index (κ1) is 14.0. The maximum atomic E-state index is 12.2. The summed E-state index contributed by atoms with van der Waals surface area (Å²) in [4.78, 5) is 14.7. The molecule has 1 aromatic heterocycles. The van der Waals surface area contributed by atoms with Gasteiger partial charge in [0.25, 0.3) is 0 Å². The Labute approximate surface area is 102 Å².